The highest BCUT2D eigenvalue weighted by Gasteiger charge is 2.34. The normalized spacial score (nSPS) is 19.0. The Balaban J connectivity index is 2.17. The summed E-state index contributed by atoms with van der Waals surface area (Å²) in [7, 11) is 0. The van der Waals surface area contributed by atoms with Gasteiger partial charge in [-0.15, -0.1) is 11.3 Å². The molecular weight excluding hydrogens is 244 g/mol. The maximum Gasteiger partial charge on any atom is 0.237 e. The Morgan fingerprint density at radius 1 is 1.50 bits per heavy atom. The fourth-order valence-electron chi connectivity index (χ4n) is 2.64. The van der Waals surface area contributed by atoms with Crippen molar-refractivity contribution in [3.8, 4) is 0 Å². The highest BCUT2D eigenvalue weighted by atomic mass is 32.1. The number of rotatable bonds is 5. The third kappa shape index (κ3) is 2.93. The smallest absolute Gasteiger partial charge is 0.237 e. The van der Waals surface area contributed by atoms with E-state index >= 15 is 0 Å². The van der Waals surface area contributed by atoms with Crippen LogP contribution in [0.25, 0.3) is 0 Å². The van der Waals surface area contributed by atoms with Crippen LogP contribution in [0.2, 0.25) is 0 Å². The molecule has 0 bridgehead atoms. The number of primary amides is 1. The van der Waals surface area contributed by atoms with Gasteiger partial charge >= 0.3 is 0 Å². The van der Waals surface area contributed by atoms with Crippen molar-refractivity contribution in [3.63, 3.8) is 0 Å². The fourth-order valence-corrected chi connectivity index (χ4v) is 3.51. The van der Waals surface area contributed by atoms with Gasteiger partial charge in [0.25, 0.3) is 0 Å². The molecule has 100 valence electrons. The van der Waals surface area contributed by atoms with Crippen molar-refractivity contribution in [1.29, 1.82) is 0 Å². The van der Waals surface area contributed by atoms with E-state index in [2.05, 4.69) is 22.8 Å². The molecule has 1 fully saturated rings. The van der Waals surface area contributed by atoms with E-state index in [-0.39, 0.29) is 11.9 Å². The molecule has 0 radical (unpaired) electrons. The molecule has 1 aliphatic carbocycles. The lowest BCUT2D eigenvalue weighted by Crippen LogP contribution is -2.52. The molecule has 0 spiro atoms. The lowest BCUT2D eigenvalue weighted by molar-refractivity contribution is -0.123. The molecule has 0 aromatic carbocycles. The van der Waals surface area contributed by atoms with Crippen LogP contribution < -0.4 is 11.1 Å². The fraction of sp³-hybridized carbons (Fsp3) is 0.643. The van der Waals surface area contributed by atoms with Gasteiger partial charge in [0.15, 0.2) is 0 Å². The molecule has 1 unspecified atom stereocenters. The monoisotopic (exact) mass is 266 g/mol. The molecule has 1 atom stereocenters. The molecular formula is C14H22N2OS. The lowest BCUT2D eigenvalue weighted by Gasteiger charge is -2.32. The Kier molecular flexibility index (Phi) is 4.07. The van der Waals surface area contributed by atoms with Gasteiger partial charge in [0.05, 0.1) is 5.54 Å². The van der Waals surface area contributed by atoms with Gasteiger partial charge in [0.2, 0.25) is 5.91 Å². The Hall–Kier alpha value is -0.870. The minimum absolute atomic E-state index is 0.259. The van der Waals surface area contributed by atoms with Crippen molar-refractivity contribution in [3.05, 3.63) is 22.4 Å². The summed E-state index contributed by atoms with van der Waals surface area (Å²) in [5.74, 6) is 0.337. The number of hydrogen-bond donors (Lipinski definition) is 2. The first-order chi connectivity index (χ1) is 8.50. The summed E-state index contributed by atoms with van der Waals surface area (Å²) in [6.45, 7) is 3.73. The van der Waals surface area contributed by atoms with E-state index < -0.39 is 5.54 Å². The van der Waals surface area contributed by atoms with E-state index in [1.807, 2.05) is 13.8 Å². The van der Waals surface area contributed by atoms with Crippen molar-refractivity contribution >= 4 is 17.2 Å². The Labute approximate surface area is 113 Å². The number of thiophene rings is 1. The first kappa shape index (κ1) is 13.6. The van der Waals surface area contributed by atoms with Gasteiger partial charge in [-0.2, -0.15) is 0 Å². The maximum absolute atomic E-state index is 11.5. The largest absolute Gasteiger partial charge is 0.368 e. The van der Waals surface area contributed by atoms with Crippen LogP contribution in [0.1, 0.15) is 50.4 Å². The molecule has 1 amide bonds. The van der Waals surface area contributed by atoms with Gasteiger partial charge in [-0.05, 0) is 44.1 Å². The number of amides is 1. The molecule has 1 saturated carbocycles. The van der Waals surface area contributed by atoms with Crippen LogP contribution in [0.3, 0.4) is 0 Å². The first-order valence-corrected chi connectivity index (χ1v) is 7.49. The van der Waals surface area contributed by atoms with Crippen molar-refractivity contribution < 1.29 is 4.79 Å². The minimum atomic E-state index is -0.656. The SMILES string of the molecule is CC(C)(NC(c1cccs1)C1CCCC1)C(N)=O. The summed E-state index contributed by atoms with van der Waals surface area (Å²) in [6.07, 6.45) is 5.07. The molecule has 2 rings (SSSR count). The number of nitrogens with two attached hydrogens (primary N) is 1. The van der Waals surface area contributed by atoms with Gasteiger partial charge in [0.1, 0.15) is 0 Å². The number of carbonyl (C=O) groups is 1. The Morgan fingerprint density at radius 2 is 2.17 bits per heavy atom. The Bertz CT molecular complexity index is 394. The van der Waals surface area contributed by atoms with Crippen molar-refractivity contribution in [1.82, 2.24) is 5.32 Å². The van der Waals surface area contributed by atoms with Gasteiger partial charge in [-0.25, -0.2) is 0 Å². The topological polar surface area (TPSA) is 55.1 Å². The van der Waals surface area contributed by atoms with E-state index in [1.165, 1.54) is 30.6 Å². The van der Waals surface area contributed by atoms with Gasteiger partial charge in [-0.3, -0.25) is 10.1 Å². The number of nitrogens with one attached hydrogen (secondary N) is 1. The zero-order valence-corrected chi connectivity index (χ0v) is 11.9. The average molecular weight is 266 g/mol. The lowest BCUT2D eigenvalue weighted by atomic mass is 9.93. The summed E-state index contributed by atoms with van der Waals surface area (Å²) >= 11 is 1.76. The van der Waals surface area contributed by atoms with Crippen LogP contribution in [-0.4, -0.2) is 11.4 Å². The van der Waals surface area contributed by atoms with Crippen LogP contribution >= 0.6 is 11.3 Å². The summed E-state index contributed by atoms with van der Waals surface area (Å²) in [4.78, 5) is 12.8. The Morgan fingerprint density at radius 3 is 2.67 bits per heavy atom. The second-order valence-electron chi connectivity index (χ2n) is 5.67. The second kappa shape index (κ2) is 5.41. The molecule has 1 aliphatic rings. The maximum atomic E-state index is 11.5. The molecule has 1 aromatic rings. The second-order valence-corrected chi connectivity index (χ2v) is 6.65. The third-order valence-electron chi connectivity index (χ3n) is 3.85. The molecule has 3 N–H and O–H groups in total. The summed E-state index contributed by atoms with van der Waals surface area (Å²) in [5, 5.41) is 5.57. The highest BCUT2D eigenvalue weighted by molar-refractivity contribution is 7.10. The van der Waals surface area contributed by atoms with Crippen LogP contribution in [0.15, 0.2) is 17.5 Å². The summed E-state index contributed by atoms with van der Waals surface area (Å²) < 4.78 is 0. The predicted molar refractivity (Wildman–Crippen MR) is 75.4 cm³/mol. The quantitative estimate of drug-likeness (QED) is 0.861. The van der Waals surface area contributed by atoms with E-state index in [9.17, 15) is 4.79 Å². The van der Waals surface area contributed by atoms with Crippen LogP contribution in [0, 0.1) is 5.92 Å². The summed E-state index contributed by atoms with van der Waals surface area (Å²) in [5.41, 5.74) is 4.82. The van der Waals surface area contributed by atoms with Gasteiger partial charge < -0.3 is 5.73 Å². The van der Waals surface area contributed by atoms with Crippen molar-refractivity contribution in [2.24, 2.45) is 11.7 Å². The highest BCUT2D eigenvalue weighted by Crippen LogP contribution is 2.38. The minimum Gasteiger partial charge on any atom is -0.368 e. The molecule has 0 saturated heterocycles. The van der Waals surface area contributed by atoms with Crippen LogP contribution in [-0.2, 0) is 4.79 Å². The summed E-state index contributed by atoms with van der Waals surface area (Å²) in [6, 6.07) is 4.48. The van der Waals surface area contributed by atoms with Crippen molar-refractivity contribution in [2.45, 2.75) is 51.1 Å². The first-order valence-electron chi connectivity index (χ1n) is 6.62. The standard InChI is InChI=1S/C14H22N2OS/c1-14(2,13(15)17)16-12(10-6-3-4-7-10)11-8-5-9-18-11/h5,8-10,12,16H,3-4,6-7H2,1-2H3,(H2,15,17). The van der Waals surface area contributed by atoms with Gasteiger partial charge in [-0.1, -0.05) is 18.9 Å². The number of hydrogen-bond acceptors (Lipinski definition) is 3. The molecule has 18 heavy (non-hydrogen) atoms. The van der Waals surface area contributed by atoms with Crippen LogP contribution in [0.5, 0.6) is 0 Å². The molecule has 4 heteroatoms. The van der Waals surface area contributed by atoms with E-state index in [0.717, 1.165) is 0 Å². The van der Waals surface area contributed by atoms with Crippen molar-refractivity contribution in [2.75, 3.05) is 0 Å². The van der Waals surface area contributed by atoms with E-state index in [4.69, 9.17) is 5.73 Å². The van der Waals surface area contributed by atoms with E-state index in [1.54, 1.807) is 11.3 Å². The molecule has 1 aromatic heterocycles. The third-order valence-corrected chi connectivity index (χ3v) is 4.81. The van der Waals surface area contributed by atoms with Gasteiger partial charge in [0, 0.05) is 10.9 Å². The number of carbonyl (C=O) groups excluding carboxylic acids is 1. The zero-order valence-electron chi connectivity index (χ0n) is 11.1. The molecule has 1 heterocycles. The van der Waals surface area contributed by atoms with E-state index in [0.29, 0.717) is 5.92 Å². The molecule has 0 aliphatic heterocycles. The molecule has 3 nitrogen and oxygen atoms in total. The zero-order chi connectivity index (χ0) is 13.2. The predicted octanol–water partition coefficient (Wildman–Crippen LogP) is 2.83. The average Bonchev–Trinajstić information content (AvgIpc) is 2.99. The van der Waals surface area contributed by atoms with Crippen LogP contribution in [0.4, 0.5) is 0 Å².